The first-order valence-electron chi connectivity index (χ1n) is 8.46. The molecule has 3 aromatic rings. The number of benzene rings is 2. The van der Waals surface area contributed by atoms with Crippen LogP contribution in [0.25, 0.3) is 10.8 Å². The molecule has 0 saturated carbocycles. The molecule has 1 N–H and O–H groups in total. The highest BCUT2D eigenvalue weighted by molar-refractivity contribution is 6.04. The number of amides is 1. The van der Waals surface area contributed by atoms with Crippen LogP contribution in [-0.4, -0.2) is 23.1 Å². The quantitative estimate of drug-likeness (QED) is 0.705. The molecule has 0 aliphatic rings. The van der Waals surface area contributed by atoms with E-state index in [4.69, 9.17) is 9.26 Å². The monoisotopic (exact) mass is 352 g/mol. The number of anilines is 1. The molecule has 0 aliphatic heterocycles. The minimum atomic E-state index is -0.958. The number of aryl methyl sites for hydroxylation is 2. The van der Waals surface area contributed by atoms with E-state index >= 15 is 0 Å². The van der Waals surface area contributed by atoms with Crippen LogP contribution in [-0.2, 0) is 16.0 Å². The predicted octanol–water partition coefficient (Wildman–Crippen LogP) is 3.88. The molecule has 1 aromatic heterocycles. The predicted molar refractivity (Wildman–Crippen MR) is 98.1 cm³/mol. The largest absolute Gasteiger partial charge is 0.449 e. The van der Waals surface area contributed by atoms with Gasteiger partial charge in [-0.2, -0.15) is 0 Å². The zero-order valence-electron chi connectivity index (χ0n) is 14.9. The summed E-state index contributed by atoms with van der Waals surface area (Å²) < 4.78 is 10.4. The Balaban J connectivity index is 1.73. The minimum Gasteiger partial charge on any atom is -0.449 e. The summed E-state index contributed by atoms with van der Waals surface area (Å²) in [6, 6.07) is 13.4. The lowest BCUT2D eigenvalue weighted by atomic mass is 10.1. The highest BCUT2D eigenvalue weighted by atomic mass is 16.5. The van der Waals surface area contributed by atoms with Crippen LogP contribution in [0.15, 0.2) is 47.0 Å². The van der Waals surface area contributed by atoms with Gasteiger partial charge in [0.15, 0.2) is 6.10 Å². The summed E-state index contributed by atoms with van der Waals surface area (Å²) in [7, 11) is 0. The van der Waals surface area contributed by atoms with E-state index in [1.807, 2.05) is 49.4 Å². The Hall–Kier alpha value is -3.15. The molecular weight excluding hydrogens is 332 g/mol. The number of ether oxygens (including phenoxy) is 1. The fourth-order valence-corrected chi connectivity index (χ4v) is 2.76. The van der Waals surface area contributed by atoms with Crippen molar-refractivity contribution in [1.82, 2.24) is 5.16 Å². The molecule has 134 valence electrons. The summed E-state index contributed by atoms with van der Waals surface area (Å²) in [6.45, 7) is 5.04. The maximum atomic E-state index is 12.5. The van der Waals surface area contributed by atoms with Crippen molar-refractivity contribution in [1.29, 1.82) is 0 Å². The van der Waals surface area contributed by atoms with Crippen LogP contribution < -0.4 is 5.32 Å². The first kappa shape index (κ1) is 17.7. The van der Waals surface area contributed by atoms with Gasteiger partial charge in [-0.05, 0) is 31.7 Å². The molecule has 0 spiro atoms. The van der Waals surface area contributed by atoms with Crippen LogP contribution >= 0.6 is 0 Å². The molecule has 6 heteroatoms. The normalized spacial score (nSPS) is 12.0. The van der Waals surface area contributed by atoms with Crippen LogP contribution in [0.3, 0.4) is 0 Å². The fourth-order valence-electron chi connectivity index (χ4n) is 2.76. The van der Waals surface area contributed by atoms with Crippen molar-refractivity contribution < 1.29 is 18.8 Å². The van der Waals surface area contributed by atoms with Gasteiger partial charge in [-0.25, -0.2) is 4.79 Å². The Morgan fingerprint density at radius 2 is 1.92 bits per heavy atom. The molecule has 0 saturated heterocycles. The summed E-state index contributed by atoms with van der Waals surface area (Å²) in [4.78, 5) is 24.9. The molecule has 1 heterocycles. The Kier molecular flexibility index (Phi) is 5.02. The van der Waals surface area contributed by atoms with Crippen molar-refractivity contribution in [3.05, 3.63) is 59.5 Å². The van der Waals surface area contributed by atoms with Crippen LogP contribution in [0.4, 0.5) is 5.69 Å². The summed E-state index contributed by atoms with van der Waals surface area (Å²) in [5.41, 5.74) is 1.48. The second-order valence-corrected chi connectivity index (χ2v) is 5.98. The summed E-state index contributed by atoms with van der Waals surface area (Å²) in [5, 5.41) is 8.59. The Morgan fingerprint density at radius 3 is 2.69 bits per heavy atom. The molecule has 1 amide bonds. The van der Waals surface area contributed by atoms with Gasteiger partial charge >= 0.3 is 5.97 Å². The number of fused-ring (bicyclic) bond motifs is 1. The van der Waals surface area contributed by atoms with Crippen molar-refractivity contribution in [2.75, 3.05) is 5.32 Å². The lowest BCUT2D eigenvalue weighted by molar-refractivity contribution is -0.123. The summed E-state index contributed by atoms with van der Waals surface area (Å²) in [6.07, 6.45) is -0.418. The van der Waals surface area contributed by atoms with Crippen LogP contribution in [0.1, 0.15) is 35.7 Å². The van der Waals surface area contributed by atoms with E-state index in [-0.39, 0.29) is 5.56 Å². The smallest absolute Gasteiger partial charge is 0.344 e. The standard InChI is InChI=1S/C20H20N2O4/c1-4-16-18(12(2)26-22-16)20(24)25-13(3)19(23)21-17-11-7-9-14-8-5-6-10-15(14)17/h5-11,13H,4H2,1-3H3,(H,21,23). The lowest BCUT2D eigenvalue weighted by Gasteiger charge is -2.14. The van der Waals surface area contributed by atoms with E-state index in [2.05, 4.69) is 10.5 Å². The highest BCUT2D eigenvalue weighted by Crippen LogP contribution is 2.23. The first-order valence-corrected chi connectivity index (χ1v) is 8.46. The van der Waals surface area contributed by atoms with Crippen LogP contribution in [0, 0.1) is 6.92 Å². The zero-order chi connectivity index (χ0) is 18.7. The molecule has 0 radical (unpaired) electrons. The summed E-state index contributed by atoms with van der Waals surface area (Å²) in [5.74, 6) is -0.628. The molecule has 0 fully saturated rings. The van der Waals surface area contributed by atoms with Gasteiger partial charge in [0.2, 0.25) is 0 Å². The second-order valence-electron chi connectivity index (χ2n) is 5.98. The maximum Gasteiger partial charge on any atom is 0.344 e. The lowest BCUT2D eigenvalue weighted by Crippen LogP contribution is -2.30. The van der Waals surface area contributed by atoms with Gasteiger partial charge in [0.1, 0.15) is 11.3 Å². The Bertz CT molecular complexity index is 956. The van der Waals surface area contributed by atoms with Gasteiger partial charge in [-0.3, -0.25) is 4.79 Å². The number of carbonyl (C=O) groups is 2. The average molecular weight is 352 g/mol. The topological polar surface area (TPSA) is 81.4 Å². The SMILES string of the molecule is CCc1noc(C)c1C(=O)OC(C)C(=O)Nc1cccc2ccccc12. The van der Waals surface area contributed by atoms with E-state index < -0.39 is 18.0 Å². The molecule has 1 unspecified atom stereocenters. The van der Waals surface area contributed by atoms with Gasteiger partial charge in [0.05, 0.1) is 5.69 Å². The Morgan fingerprint density at radius 1 is 1.19 bits per heavy atom. The number of aromatic nitrogens is 1. The van der Waals surface area contributed by atoms with E-state index in [1.165, 1.54) is 6.92 Å². The fraction of sp³-hybridized carbons (Fsp3) is 0.250. The third kappa shape index (κ3) is 3.44. The van der Waals surface area contributed by atoms with E-state index in [0.717, 1.165) is 10.8 Å². The second kappa shape index (κ2) is 7.39. The van der Waals surface area contributed by atoms with Crippen LogP contribution in [0.5, 0.6) is 0 Å². The molecule has 0 aliphatic carbocycles. The van der Waals surface area contributed by atoms with Gasteiger partial charge in [0.25, 0.3) is 5.91 Å². The number of hydrogen-bond acceptors (Lipinski definition) is 5. The van der Waals surface area contributed by atoms with Crippen molar-refractivity contribution in [3.8, 4) is 0 Å². The molecule has 6 nitrogen and oxygen atoms in total. The van der Waals surface area contributed by atoms with Crippen molar-refractivity contribution >= 4 is 28.3 Å². The van der Waals surface area contributed by atoms with E-state index in [9.17, 15) is 9.59 Å². The van der Waals surface area contributed by atoms with E-state index in [0.29, 0.717) is 23.6 Å². The van der Waals surface area contributed by atoms with Gasteiger partial charge in [-0.15, -0.1) is 0 Å². The van der Waals surface area contributed by atoms with Gasteiger partial charge in [0, 0.05) is 11.1 Å². The number of hydrogen-bond donors (Lipinski definition) is 1. The zero-order valence-corrected chi connectivity index (χ0v) is 14.9. The molecule has 0 bridgehead atoms. The summed E-state index contributed by atoms with van der Waals surface area (Å²) >= 11 is 0. The van der Waals surface area contributed by atoms with Crippen molar-refractivity contribution in [3.63, 3.8) is 0 Å². The minimum absolute atomic E-state index is 0.289. The average Bonchev–Trinajstić information content (AvgIpc) is 3.02. The maximum absolute atomic E-state index is 12.5. The third-order valence-corrected chi connectivity index (χ3v) is 4.17. The first-order chi connectivity index (χ1) is 12.5. The van der Waals surface area contributed by atoms with Crippen LogP contribution in [0.2, 0.25) is 0 Å². The molecule has 3 rings (SSSR count). The number of rotatable bonds is 5. The van der Waals surface area contributed by atoms with Gasteiger partial charge < -0.3 is 14.6 Å². The van der Waals surface area contributed by atoms with Crippen molar-refractivity contribution in [2.45, 2.75) is 33.3 Å². The number of nitrogens with zero attached hydrogens (tertiary/aromatic N) is 1. The number of nitrogens with one attached hydrogen (secondary N) is 1. The van der Waals surface area contributed by atoms with E-state index in [1.54, 1.807) is 6.92 Å². The molecular formula is C20H20N2O4. The number of esters is 1. The third-order valence-electron chi connectivity index (χ3n) is 4.17. The highest BCUT2D eigenvalue weighted by Gasteiger charge is 2.25. The molecule has 1 atom stereocenters. The Labute approximate surface area is 151 Å². The number of carbonyl (C=O) groups excluding carboxylic acids is 2. The molecule has 26 heavy (non-hydrogen) atoms. The van der Waals surface area contributed by atoms with Crippen molar-refractivity contribution in [2.24, 2.45) is 0 Å². The van der Waals surface area contributed by atoms with Gasteiger partial charge in [-0.1, -0.05) is 48.5 Å². The molecule has 2 aromatic carbocycles.